The van der Waals surface area contributed by atoms with Crippen molar-refractivity contribution in [3.63, 3.8) is 0 Å². The predicted octanol–water partition coefficient (Wildman–Crippen LogP) is 2.05. The smallest absolute Gasteiger partial charge is 0.288 e. The van der Waals surface area contributed by atoms with Gasteiger partial charge in [0.25, 0.3) is 5.91 Å². The molecule has 0 aromatic rings. The molecule has 0 aromatic carbocycles. The molecule has 1 amide bonds. The van der Waals surface area contributed by atoms with Gasteiger partial charge >= 0.3 is 0 Å². The number of Topliss-reactive ketones (excluding diaryl/α,β-unsaturated/α-hetero) is 1. The molecule has 0 aliphatic heterocycles. The average Bonchev–Trinajstić information content (AvgIpc) is 2.96. The highest BCUT2D eigenvalue weighted by Crippen LogP contribution is 2.49. The molecule has 0 heterocycles. The Morgan fingerprint density at radius 1 is 1.27 bits per heavy atom. The van der Waals surface area contributed by atoms with Gasteiger partial charge in [0.05, 0.1) is 0 Å². The van der Waals surface area contributed by atoms with Crippen molar-refractivity contribution in [1.82, 2.24) is 5.32 Å². The topological polar surface area (TPSA) is 46.2 Å². The van der Waals surface area contributed by atoms with Gasteiger partial charge in [-0.25, -0.2) is 0 Å². The van der Waals surface area contributed by atoms with E-state index in [4.69, 9.17) is 0 Å². The van der Waals surface area contributed by atoms with Crippen molar-refractivity contribution in [3.8, 4) is 0 Å². The first-order valence-electron chi connectivity index (χ1n) is 5.74. The third kappa shape index (κ3) is 2.58. The first-order valence-corrected chi connectivity index (χ1v) is 5.74. The van der Waals surface area contributed by atoms with E-state index in [1.165, 1.54) is 0 Å². The second-order valence-corrected chi connectivity index (χ2v) is 5.15. The van der Waals surface area contributed by atoms with Gasteiger partial charge in [-0.2, -0.15) is 0 Å². The maximum atomic E-state index is 11.8. The molecule has 3 heteroatoms. The number of hydrogen-bond acceptors (Lipinski definition) is 2. The molecule has 0 aromatic heterocycles. The van der Waals surface area contributed by atoms with E-state index in [0.29, 0.717) is 0 Å². The highest BCUT2D eigenvalue weighted by Gasteiger charge is 2.50. The Balaban J connectivity index is 2.59. The Kier molecular flexibility index (Phi) is 3.22. The lowest BCUT2D eigenvalue weighted by Gasteiger charge is -2.25. The van der Waals surface area contributed by atoms with Crippen molar-refractivity contribution < 1.29 is 9.59 Å². The fraction of sp³-hybridized carbons (Fsp3) is 0.833. The number of ketones is 1. The van der Waals surface area contributed by atoms with E-state index in [9.17, 15) is 9.59 Å². The van der Waals surface area contributed by atoms with Crippen LogP contribution in [0.15, 0.2) is 0 Å². The quantitative estimate of drug-likeness (QED) is 0.707. The molecule has 1 rings (SSSR count). The zero-order valence-electron chi connectivity index (χ0n) is 10.1. The van der Waals surface area contributed by atoms with Crippen molar-refractivity contribution in [3.05, 3.63) is 0 Å². The standard InChI is InChI=1S/C12H21NO2/c1-5-11(3,4)13-10(15)9(14)12(6-2)7-8-12/h5-8H2,1-4H3,(H,13,15). The first kappa shape index (κ1) is 12.2. The molecule has 3 nitrogen and oxygen atoms in total. The zero-order valence-corrected chi connectivity index (χ0v) is 10.1. The third-order valence-electron chi connectivity index (χ3n) is 3.55. The van der Waals surface area contributed by atoms with Crippen LogP contribution in [0.4, 0.5) is 0 Å². The molecule has 0 saturated heterocycles. The van der Waals surface area contributed by atoms with E-state index < -0.39 is 5.91 Å². The SMILES string of the molecule is CCC(C)(C)NC(=O)C(=O)C1(CC)CC1. The fourth-order valence-electron chi connectivity index (χ4n) is 1.59. The van der Waals surface area contributed by atoms with Gasteiger partial charge in [-0.3, -0.25) is 9.59 Å². The van der Waals surface area contributed by atoms with Crippen LogP contribution >= 0.6 is 0 Å². The zero-order chi connectivity index (χ0) is 11.7. The van der Waals surface area contributed by atoms with Gasteiger partial charge in [0.15, 0.2) is 0 Å². The molecular weight excluding hydrogens is 190 g/mol. The second-order valence-electron chi connectivity index (χ2n) is 5.15. The molecule has 0 bridgehead atoms. The van der Waals surface area contributed by atoms with Crippen LogP contribution in [0.3, 0.4) is 0 Å². The molecule has 0 spiro atoms. The molecule has 0 unspecified atom stereocenters. The van der Waals surface area contributed by atoms with Crippen LogP contribution in [0, 0.1) is 5.41 Å². The number of rotatable bonds is 5. The van der Waals surface area contributed by atoms with Crippen molar-refractivity contribution in [1.29, 1.82) is 0 Å². The maximum Gasteiger partial charge on any atom is 0.288 e. The molecule has 15 heavy (non-hydrogen) atoms. The Bertz CT molecular complexity index is 277. The van der Waals surface area contributed by atoms with Gasteiger partial charge in [0, 0.05) is 11.0 Å². The first-order chi connectivity index (χ1) is 6.87. The lowest BCUT2D eigenvalue weighted by molar-refractivity contribution is -0.142. The minimum atomic E-state index is -0.402. The minimum Gasteiger partial charge on any atom is -0.345 e. The summed E-state index contributed by atoms with van der Waals surface area (Å²) < 4.78 is 0. The van der Waals surface area contributed by atoms with Crippen molar-refractivity contribution in [2.24, 2.45) is 5.41 Å². The van der Waals surface area contributed by atoms with E-state index in [-0.39, 0.29) is 16.7 Å². The van der Waals surface area contributed by atoms with E-state index in [1.807, 2.05) is 27.7 Å². The maximum absolute atomic E-state index is 11.8. The highest BCUT2D eigenvalue weighted by atomic mass is 16.2. The van der Waals surface area contributed by atoms with Gasteiger partial charge < -0.3 is 5.32 Å². The van der Waals surface area contributed by atoms with Crippen molar-refractivity contribution >= 4 is 11.7 Å². The fourth-order valence-corrected chi connectivity index (χ4v) is 1.59. The minimum absolute atomic E-state index is 0.216. The summed E-state index contributed by atoms with van der Waals surface area (Å²) in [7, 11) is 0. The molecule has 1 saturated carbocycles. The summed E-state index contributed by atoms with van der Waals surface area (Å²) in [4.78, 5) is 23.5. The summed E-state index contributed by atoms with van der Waals surface area (Å²) in [6.45, 7) is 7.84. The second kappa shape index (κ2) is 3.95. The Morgan fingerprint density at radius 3 is 2.13 bits per heavy atom. The van der Waals surface area contributed by atoms with Crippen LogP contribution < -0.4 is 5.32 Å². The molecule has 0 atom stereocenters. The largest absolute Gasteiger partial charge is 0.345 e. The third-order valence-corrected chi connectivity index (χ3v) is 3.55. The van der Waals surface area contributed by atoms with E-state index in [1.54, 1.807) is 0 Å². The van der Waals surface area contributed by atoms with Crippen LogP contribution in [0.2, 0.25) is 0 Å². The molecule has 0 radical (unpaired) electrons. The van der Waals surface area contributed by atoms with Gasteiger partial charge in [0.2, 0.25) is 5.78 Å². The molecule has 1 fully saturated rings. The van der Waals surface area contributed by atoms with Gasteiger partial charge in [0.1, 0.15) is 0 Å². The number of nitrogens with one attached hydrogen (secondary N) is 1. The summed E-state index contributed by atoms with van der Waals surface area (Å²) in [6, 6.07) is 0. The number of amides is 1. The van der Waals surface area contributed by atoms with Gasteiger partial charge in [-0.05, 0) is 39.5 Å². The highest BCUT2D eigenvalue weighted by molar-refractivity contribution is 6.39. The van der Waals surface area contributed by atoms with Crippen LogP contribution in [-0.2, 0) is 9.59 Å². The van der Waals surface area contributed by atoms with Gasteiger partial charge in [-0.15, -0.1) is 0 Å². The summed E-state index contributed by atoms with van der Waals surface area (Å²) in [5.74, 6) is -0.618. The molecule has 1 aliphatic rings. The Labute approximate surface area is 91.6 Å². The monoisotopic (exact) mass is 211 g/mol. The van der Waals surface area contributed by atoms with E-state index >= 15 is 0 Å². The number of carbonyl (C=O) groups excluding carboxylic acids is 2. The summed E-state index contributed by atoms with van der Waals surface area (Å²) in [5.41, 5.74) is -0.593. The summed E-state index contributed by atoms with van der Waals surface area (Å²) in [5, 5.41) is 2.80. The molecule has 86 valence electrons. The summed E-state index contributed by atoms with van der Waals surface area (Å²) >= 11 is 0. The number of carbonyl (C=O) groups is 2. The lowest BCUT2D eigenvalue weighted by atomic mass is 9.95. The van der Waals surface area contributed by atoms with Crippen LogP contribution in [0.25, 0.3) is 0 Å². The van der Waals surface area contributed by atoms with E-state index in [2.05, 4.69) is 5.32 Å². The van der Waals surface area contributed by atoms with Crippen molar-refractivity contribution in [2.45, 2.75) is 58.9 Å². The van der Waals surface area contributed by atoms with Gasteiger partial charge in [-0.1, -0.05) is 13.8 Å². The Morgan fingerprint density at radius 2 is 1.80 bits per heavy atom. The van der Waals surface area contributed by atoms with Crippen LogP contribution in [0.5, 0.6) is 0 Å². The number of hydrogen-bond donors (Lipinski definition) is 1. The van der Waals surface area contributed by atoms with E-state index in [0.717, 1.165) is 25.7 Å². The van der Waals surface area contributed by atoms with Crippen LogP contribution in [-0.4, -0.2) is 17.2 Å². The van der Waals surface area contributed by atoms with Crippen LogP contribution in [0.1, 0.15) is 53.4 Å². The molecule has 1 N–H and O–H groups in total. The van der Waals surface area contributed by atoms with Crippen molar-refractivity contribution in [2.75, 3.05) is 0 Å². The average molecular weight is 211 g/mol. The Hall–Kier alpha value is -0.860. The predicted molar refractivity (Wildman–Crippen MR) is 59.5 cm³/mol. The summed E-state index contributed by atoms with van der Waals surface area (Å²) in [6.07, 6.45) is 3.36. The molecule has 1 aliphatic carbocycles. The lowest BCUT2D eigenvalue weighted by Crippen LogP contribution is -2.47. The normalized spacial score (nSPS) is 18.4. The molecular formula is C12H21NO2.